The SMILES string of the molecule is Cc1noc(C)c1CC(=O)N1CCN(c2ccc(-c3noc(C4CC4)n3)cn2)CC1. The minimum Gasteiger partial charge on any atom is -0.361 e. The number of carbonyl (C=O) groups is 1. The molecule has 9 heteroatoms. The molecule has 1 amide bonds. The average Bonchev–Trinajstić information content (AvgIpc) is 3.43. The van der Waals surface area contributed by atoms with Gasteiger partial charge in [-0.3, -0.25) is 4.79 Å². The number of aryl methyl sites for hydroxylation is 2. The van der Waals surface area contributed by atoms with Gasteiger partial charge in [-0.1, -0.05) is 10.3 Å². The molecule has 2 fully saturated rings. The molecule has 0 unspecified atom stereocenters. The van der Waals surface area contributed by atoms with Crippen molar-refractivity contribution >= 4 is 11.7 Å². The number of hydrogen-bond donors (Lipinski definition) is 0. The van der Waals surface area contributed by atoms with Crippen LogP contribution >= 0.6 is 0 Å². The summed E-state index contributed by atoms with van der Waals surface area (Å²) in [6.45, 7) is 6.54. The second-order valence-electron chi connectivity index (χ2n) is 7.98. The van der Waals surface area contributed by atoms with Crippen molar-refractivity contribution in [1.82, 2.24) is 25.2 Å². The van der Waals surface area contributed by atoms with E-state index in [9.17, 15) is 4.79 Å². The highest BCUT2D eigenvalue weighted by Crippen LogP contribution is 2.39. The fraction of sp³-hybridized carbons (Fsp3) is 0.476. The summed E-state index contributed by atoms with van der Waals surface area (Å²) in [5, 5.41) is 8.00. The van der Waals surface area contributed by atoms with Gasteiger partial charge in [0.2, 0.25) is 17.6 Å². The lowest BCUT2D eigenvalue weighted by Crippen LogP contribution is -2.49. The summed E-state index contributed by atoms with van der Waals surface area (Å²) in [6, 6.07) is 3.95. The van der Waals surface area contributed by atoms with Crippen molar-refractivity contribution in [3.63, 3.8) is 0 Å². The van der Waals surface area contributed by atoms with Gasteiger partial charge in [0, 0.05) is 49.4 Å². The lowest BCUT2D eigenvalue weighted by atomic mass is 10.1. The number of hydrogen-bond acceptors (Lipinski definition) is 8. The van der Waals surface area contributed by atoms with Crippen LogP contribution in [0.1, 0.15) is 41.7 Å². The monoisotopic (exact) mass is 408 g/mol. The molecule has 9 nitrogen and oxygen atoms in total. The molecule has 0 atom stereocenters. The topological polar surface area (TPSA) is 101 Å². The predicted molar refractivity (Wildman–Crippen MR) is 108 cm³/mol. The smallest absolute Gasteiger partial charge is 0.230 e. The van der Waals surface area contributed by atoms with E-state index in [1.807, 2.05) is 30.9 Å². The van der Waals surface area contributed by atoms with E-state index in [0.29, 0.717) is 31.3 Å². The van der Waals surface area contributed by atoms with Crippen LogP contribution in [0.15, 0.2) is 27.4 Å². The van der Waals surface area contributed by atoms with E-state index in [-0.39, 0.29) is 5.91 Å². The molecule has 1 saturated carbocycles. The zero-order valence-corrected chi connectivity index (χ0v) is 17.2. The number of piperazine rings is 1. The number of amides is 1. The van der Waals surface area contributed by atoms with Crippen molar-refractivity contribution in [3.05, 3.63) is 41.2 Å². The summed E-state index contributed by atoms with van der Waals surface area (Å²) in [6.07, 6.45) is 4.38. The zero-order chi connectivity index (χ0) is 20.7. The van der Waals surface area contributed by atoms with Gasteiger partial charge in [-0.15, -0.1) is 0 Å². The normalized spacial score (nSPS) is 16.9. The molecule has 0 N–H and O–H groups in total. The molecular weight excluding hydrogens is 384 g/mol. The van der Waals surface area contributed by atoms with Gasteiger partial charge < -0.3 is 18.8 Å². The number of carbonyl (C=O) groups excluding carboxylic acids is 1. The Morgan fingerprint density at radius 3 is 2.53 bits per heavy atom. The molecule has 3 aromatic rings. The first-order valence-corrected chi connectivity index (χ1v) is 10.3. The Bertz CT molecular complexity index is 1030. The molecular formula is C21H24N6O3. The molecule has 156 valence electrons. The Hall–Kier alpha value is -3.23. The summed E-state index contributed by atoms with van der Waals surface area (Å²) in [5.41, 5.74) is 2.53. The van der Waals surface area contributed by atoms with Crippen LogP contribution in [-0.4, -0.2) is 57.3 Å². The second kappa shape index (κ2) is 7.55. The highest BCUT2D eigenvalue weighted by Gasteiger charge is 2.30. The fourth-order valence-electron chi connectivity index (χ4n) is 3.76. The highest BCUT2D eigenvalue weighted by molar-refractivity contribution is 5.79. The minimum atomic E-state index is 0.107. The summed E-state index contributed by atoms with van der Waals surface area (Å²) in [7, 11) is 0. The Labute approximate surface area is 174 Å². The molecule has 0 spiro atoms. The molecule has 0 bridgehead atoms. The van der Waals surface area contributed by atoms with Crippen molar-refractivity contribution < 1.29 is 13.8 Å². The third-order valence-corrected chi connectivity index (χ3v) is 5.84. The maximum atomic E-state index is 12.7. The van der Waals surface area contributed by atoms with Gasteiger partial charge in [-0.2, -0.15) is 4.98 Å². The largest absolute Gasteiger partial charge is 0.361 e. The molecule has 0 aromatic carbocycles. The van der Waals surface area contributed by atoms with Gasteiger partial charge in [0.15, 0.2) is 0 Å². The Morgan fingerprint density at radius 1 is 1.10 bits per heavy atom. The van der Waals surface area contributed by atoms with E-state index >= 15 is 0 Å². The van der Waals surface area contributed by atoms with Crippen LogP contribution in [-0.2, 0) is 11.2 Å². The quantitative estimate of drug-likeness (QED) is 0.635. The van der Waals surface area contributed by atoms with E-state index in [4.69, 9.17) is 9.05 Å². The number of rotatable bonds is 5. The lowest BCUT2D eigenvalue weighted by Gasteiger charge is -2.35. The number of pyridine rings is 1. The van der Waals surface area contributed by atoms with Gasteiger partial charge >= 0.3 is 0 Å². The number of nitrogens with zero attached hydrogens (tertiary/aromatic N) is 6. The molecule has 3 aromatic heterocycles. The first kappa shape index (κ1) is 18.8. The first-order chi connectivity index (χ1) is 14.6. The van der Waals surface area contributed by atoms with Gasteiger partial charge in [0.1, 0.15) is 11.6 Å². The average molecular weight is 408 g/mol. The van der Waals surface area contributed by atoms with Crippen molar-refractivity contribution in [1.29, 1.82) is 0 Å². The molecule has 4 heterocycles. The maximum Gasteiger partial charge on any atom is 0.230 e. The van der Waals surface area contributed by atoms with E-state index in [1.54, 1.807) is 6.20 Å². The molecule has 30 heavy (non-hydrogen) atoms. The molecule has 1 aliphatic heterocycles. The second-order valence-corrected chi connectivity index (χ2v) is 7.98. The van der Waals surface area contributed by atoms with Crippen LogP contribution in [0.25, 0.3) is 11.4 Å². The predicted octanol–water partition coefficient (Wildman–Crippen LogP) is 2.51. The van der Waals surface area contributed by atoms with E-state index in [1.165, 1.54) is 0 Å². The minimum absolute atomic E-state index is 0.107. The summed E-state index contributed by atoms with van der Waals surface area (Å²) < 4.78 is 10.5. The van der Waals surface area contributed by atoms with Gasteiger partial charge in [-0.05, 0) is 38.8 Å². The number of aromatic nitrogens is 4. The molecule has 2 aliphatic rings. The molecule has 1 aliphatic carbocycles. The van der Waals surface area contributed by atoms with Gasteiger partial charge in [-0.25, -0.2) is 4.98 Å². The van der Waals surface area contributed by atoms with Crippen molar-refractivity contribution in [3.8, 4) is 11.4 Å². The van der Waals surface area contributed by atoms with Crippen molar-refractivity contribution in [2.75, 3.05) is 31.1 Å². The van der Waals surface area contributed by atoms with Crippen LogP contribution in [0.3, 0.4) is 0 Å². The third-order valence-electron chi connectivity index (χ3n) is 5.84. The maximum absolute atomic E-state index is 12.7. The lowest BCUT2D eigenvalue weighted by molar-refractivity contribution is -0.130. The third kappa shape index (κ3) is 3.67. The Morgan fingerprint density at radius 2 is 1.90 bits per heavy atom. The van der Waals surface area contributed by atoms with E-state index < -0.39 is 0 Å². The number of anilines is 1. The van der Waals surface area contributed by atoms with Gasteiger partial charge in [0.25, 0.3) is 0 Å². The van der Waals surface area contributed by atoms with Crippen molar-refractivity contribution in [2.45, 2.75) is 39.0 Å². The van der Waals surface area contributed by atoms with Crippen LogP contribution < -0.4 is 4.90 Å². The summed E-state index contributed by atoms with van der Waals surface area (Å²) >= 11 is 0. The van der Waals surface area contributed by atoms with Crippen LogP contribution in [0.4, 0.5) is 5.82 Å². The van der Waals surface area contributed by atoms with Crippen LogP contribution in [0.5, 0.6) is 0 Å². The van der Waals surface area contributed by atoms with Crippen molar-refractivity contribution in [2.24, 2.45) is 0 Å². The van der Waals surface area contributed by atoms with E-state index in [2.05, 4.69) is 25.2 Å². The Kier molecular flexibility index (Phi) is 4.72. The van der Waals surface area contributed by atoms with Crippen LogP contribution in [0, 0.1) is 13.8 Å². The first-order valence-electron chi connectivity index (χ1n) is 10.3. The van der Waals surface area contributed by atoms with E-state index in [0.717, 1.165) is 60.2 Å². The Balaban J connectivity index is 1.18. The standard InChI is InChI=1S/C21H24N6O3/c1-13-17(14(2)29-24-13)11-19(28)27-9-7-26(8-10-27)18-6-5-16(12-22-18)20-23-21(30-25-20)15-3-4-15/h5-6,12,15H,3-4,7-11H2,1-2H3. The van der Waals surface area contributed by atoms with Crippen LogP contribution in [0.2, 0.25) is 0 Å². The van der Waals surface area contributed by atoms with Gasteiger partial charge in [0.05, 0.1) is 12.1 Å². The molecule has 0 radical (unpaired) electrons. The fourth-order valence-corrected chi connectivity index (χ4v) is 3.76. The molecule has 1 saturated heterocycles. The highest BCUT2D eigenvalue weighted by atomic mass is 16.5. The molecule has 5 rings (SSSR count). The summed E-state index contributed by atoms with van der Waals surface area (Å²) in [5.74, 6) is 3.47. The summed E-state index contributed by atoms with van der Waals surface area (Å²) in [4.78, 5) is 25.8. The zero-order valence-electron chi connectivity index (χ0n) is 17.2.